The van der Waals surface area contributed by atoms with E-state index in [1.54, 1.807) is 4.57 Å². The van der Waals surface area contributed by atoms with E-state index in [0.29, 0.717) is 11.2 Å². The van der Waals surface area contributed by atoms with Gasteiger partial charge in [-0.2, -0.15) is 0 Å². The van der Waals surface area contributed by atoms with Gasteiger partial charge in [-0.1, -0.05) is 17.7 Å². The Morgan fingerprint density at radius 3 is 2.36 bits per heavy atom. The van der Waals surface area contributed by atoms with E-state index in [1.807, 2.05) is 11.4 Å². The molecule has 2 heterocycles. The van der Waals surface area contributed by atoms with Crippen LogP contribution >= 0.6 is 11.3 Å². The minimum atomic E-state index is -0.268. The minimum absolute atomic E-state index is 0.219. The second-order valence-electron chi connectivity index (χ2n) is 5.75. The summed E-state index contributed by atoms with van der Waals surface area (Å²) in [5.41, 5.74) is 4.92. The van der Waals surface area contributed by atoms with E-state index in [-0.39, 0.29) is 11.2 Å². The number of aromatic nitrogens is 2. The molecule has 0 N–H and O–H groups in total. The topological polar surface area (TPSA) is 44.0 Å². The van der Waals surface area contributed by atoms with E-state index in [0.717, 1.165) is 11.1 Å². The molecule has 114 valence electrons. The van der Waals surface area contributed by atoms with Gasteiger partial charge in [-0.05, 0) is 48.9 Å². The monoisotopic (exact) mass is 314 g/mol. The molecule has 0 spiro atoms. The molecule has 0 aliphatic heterocycles. The summed E-state index contributed by atoms with van der Waals surface area (Å²) in [5.74, 6) is 0. The van der Waals surface area contributed by atoms with Crippen LogP contribution in [-0.2, 0) is 13.6 Å². The Hall–Kier alpha value is -2.14. The predicted molar refractivity (Wildman–Crippen MR) is 91.1 cm³/mol. The summed E-state index contributed by atoms with van der Waals surface area (Å²) in [7, 11) is 1.54. The number of aryl methyl sites for hydroxylation is 3. The minimum Gasteiger partial charge on any atom is -0.288 e. The molecular weight excluding hydrogens is 296 g/mol. The number of thiophene rings is 1. The Balaban J connectivity index is 2.27. The molecule has 0 saturated heterocycles. The third-order valence-electron chi connectivity index (χ3n) is 4.11. The summed E-state index contributed by atoms with van der Waals surface area (Å²) in [4.78, 5) is 24.7. The normalized spacial score (nSPS) is 11.3. The third kappa shape index (κ3) is 2.22. The molecule has 0 aliphatic carbocycles. The summed E-state index contributed by atoms with van der Waals surface area (Å²) in [6.45, 7) is 6.68. The molecule has 0 atom stereocenters. The average molecular weight is 314 g/mol. The smallest absolute Gasteiger partial charge is 0.288 e. The Morgan fingerprint density at radius 1 is 1.09 bits per heavy atom. The predicted octanol–water partition coefficient (Wildman–Crippen LogP) is 2.74. The van der Waals surface area contributed by atoms with Crippen LogP contribution < -0.4 is 11.2 Å². The van der Waals surface area contributed by atoms with Crippen molar-refractivity contribution in [3.8, 4) is 0 Å². The fraction of sp³-hybridized carbons (Fsp3) is 0.294. The number of benzene rings is 1. The number of nitrogens with zero attached hydrogens (tertiary/aromatic N) is 2. The standard InChI is InChI=1S/C17H18N2O2S/c1-10-7-11(2)13(12(3)8-10)9-19-14-5-6-22-15(14)16(20)18(4)17(19)21/h5-8H,9H2,1-4H3. The molecule has 0 saturated carbocycles. The first-order valence-corrected chi connectivity index (χ1v) is 8.02. The van der Waals surface area contributed by atoms with E-state index in [1.165, 1.54) is 39.6 Å². The van der Waals surface area contributed by atoms with Crippen LogP contribution in [0.5, 0.6) is 0 Å². The molecule has 3 aromatic rings. The summed E-state index contributed by atoms with van der Waals surface area (Å²) in [6, 6.07) is 6.10. The van der Waals surface area contributed by atoms with Crippen LogP contribution in [0.15, 0.2) is 33.2 Å². The van der Waals surface area contributed by atoms with E-state index in [2.05, 4.69) is 32.9 Å². The van der Waals surface area contributed by atoms with Crippen molar-refractivity contribution in [2.45, 2.75) is 27.3 Å². The molecule has 0 fully saturated rings. The molecule has 0 unspecified atom stereocenters. The van der Waals surface area contributed by atoms with E-state index >= 15 is 0 Å². The van der Waals surface area contributed by atoms with Crippen molar-refractivity contribution < 1.29 is 0 Å². The highest BCUT2D eigenvalue weighted by atomic mass is 32.1. The van der Waals surface area contributed by atoms with E-state index in [9.17, 15) is 9.59 Å². The fourth-order valence-corrected chi connectivity index (χ4v) is 3.84. The lowest BCUT2D eigenvalue weighted by molar-refractivity contribution is 0.672. The molecule has 0 aliphatic rings. The maximum Gasteiger partial charge on any atom is 0.331 e. The summed E-state index contributed by atoms with van der Waals surface area (Å²) in [5, 5.41) is 1.86. The van der Waals surface area contributed by atoms with Gasteiger partial charge in [0, 0.05) is 7.05 Å². The van der Waals surface area contributed by atoms with Gasteiger partial charge in [0.25, 0.3) is 5.56 Å². The molecule has 5 heteroatoms. The van der Waals surface area contributed by atoms with E-state index in [4.69, 9.17) is 0 Å². The highest BCUT2D eigenvalue weighted by Crippen LogP contribution is 2.20. The summed E-state index contributed by atoms with van der Waals surface area (Å²) < 4.78 is 3.51. The number of rotatable bonds is 2. The third-order valence-corrected chi connectivity index (χ3v) is 5.00. The second kappa shape index (κ2) is 5.25. The van der Waals surface area contributed by atoms with Crippen molar-refractivity contribution >= 4 is 21.6 Å². The molecule has 0 bridgehead atoms. The number of hydrogen-bond acceptors (Lipinski definition) is 3. The summed E-state index contributed by atoms with van der Waals surface area (Å²) in [6.07, 6.45) is 0. The Bertz CT molecular complexity index is 969. The van der Waals surface area contributed by atoms with Crippen molar-refractivity contribution in [1.29, 1.82) is 0 Å². The zero-order valence-corrected chi connectivity index (χ0v) is 14.0. The molecular formula is C17H18N2O2S. The van der Waals surface area contributed by atoms with Gasteiger partial charge >= 0.3 is 5.69 Å². The lowest BCUT2D eigenvalue weighted by Gasteiger charge is -2.15. The van der Waals surface area contributed by atoms with Crippen LogP contribution in [0, 0.1) is 20.8 Å². The van der Waals surface area contributed by atoms with Crippen molar-refractivity contribution in [2.24, 2.45) is 7.05 Å². The molecule has 22 heavy (non-hydrogen) atoms. The lowest BCUT2D eigenvalue weighted by Crippen LogP contribution is -2.38. The van der Waals surface area contributed by atoms with Gasteiger partial charge in [0.05, 0.1) is 12.1 Å². The Labute approximate surface area is 132 Å². The molecule has 0 amide bonds. The van der Waals surface area contributed by atoms with Gasteiger partial charge in [-0.25, -0.2) is 4.79 Å². The second-order valence-corrected chi connectivity index (χ2v) is 6.66. The van der Waals surface area contributed by atoms with E-state index < -0.39 is 0 Å². The van der Waals surface area contributed by atoms with Crippen molar-refractivity contribution in [2.75, 3.05) is 0 Å². The number of fused-ring (bicyclic) bond motifs is 1. The van der Waals surface area contributed by atoms with Crippen LogP contribution in [0.4, 0.5) is 0 Å². The molecule has 4 nitrogen and oxygen atoms in total. The van der Waals surface area contributed by atoms with Gasteiger partial charge in [0.2, 0.25) is 0 Å². The number of hydrogen-bond donors (Lipinski definition) is 0. The maximum absolute atomic E-state index is 12.5. The van der Waals surface area contributed by atoms with Gasteiger partial charge in [0.1, 0.15) is 4.70 Å². The maximum atomic E-state index is 12.5. The molecule has 2 aromatic heterocycles. The zero-order valence-electron chi connectivity index (χ0n) is 13.1. The van der Waals surface area contributed by atoms with Gasteiger partial charge in [-0.15, -0.1) is 11.3 Å². The van der Waals surface area contributed by atoms with Crippen LogP contribution in [0.25, 0.3) is 10.2 Å². The largest absolute Gasteiger partial charge is 0.331 e. The van der Waals surface area contributed by atoms with Gasteiger partial charge < -0.3 is 0 Å². The van der Waals surface area contributed by atoms with Gasteiger partial charge in [0.15, 0.2) is 0 Å². The summed E-state index contributed by atoms with van der Waals surface area (Å²) >= 11 is 1.38. The van der Waals surface area contributed by atoms with Crippen molar-refractivity contribution in [1.82, 2.24) is 9.13 Å². The zero-order chi connectivity index (χ0) is 16.0. The SMILES string of the molecule is Cc1cc(C)c(Cn2c(=O)n(C)c(=O)c3sccc32)c(C)c1. The molecule has 3 rings (SSSR count). The first kappa shape index (κ1) is 14.8. The average Bonchev–Trinajstić information content (AvgIpc) is 2.92. The first-order valence-electron chi connectivity index (χ1n) is 7.14. The molecule has 0 radical (unpaired) electrons. The lowest BCUT2D eigenvalue weighted by atomic mass is 10.00. The Kier molecular flexibility index (Phi) is 3.53. The van der Waals surface area contributed by atoms with Crippen LogP contribution in [-0.4, -0.2) is 9.13 Å². The molecule has 1 aromatic carbocycles. The fourth-order valence-electron chi connectivity index (χ4n) is 2.97. The Morgan fingerprint density at radius 2 is 1.73 bits per heavy atom. The van der Waals surface area contributed by atoms with Crippen LogP contribution in [0.3, 0.4) is 0 Å². The highest BCUT2D eigenvalue weighted by molar-refractivity contribution is 7.17. The highest BCUT2D eigenvalue weighted by Gasteiger charge is 2.14. The van der Waals surface area contributed by atoms with Crippen molar-refractivity contribution in [3.63, 3.8) is 0 Å². The quantitative estimate of drug-likeness (QED) is 0.730. The van der Waals surface area contributed by atoms with Crippen LogP contribution in [0.1, 0.15) is 22.3 Å². The van der Waals surface area contributed by atoms with Crippen LogP contribution in [0.2, 0.25) is 0 Å². The van der Waals surface area contributed by atoms with Gasteiger partial charge in [-0.3, -0.25) is 13.9 Å². The van der Waals surface area contributed by atoms with Crippen molar-refractivity contribution in [3.05, 3.63) is 66.7 Å². The first-order chi connectivity index (χ1) is 10.4.